The van der Waals surface area contributed by atoms with Gasteiger partial charge in [0.05, 0.1) is 16.7 Å². The van der Waals surface area contributed by atoms with Crippen molar-refractivity contribution in [3.8, 4) is 0 Å². The van der Waals surface area contributed by atoms with Gasteiger partial charge in [0.25, 0.3) is 5.69 Å². The summed E-state index contributed by atoms with van der Waals surface area (Å²) in [7, 11) is 0. The van der Waals surface area contributed by atoms with Crippen LogP contribution in [0.5, 0.6) is 0 Å². The van der Waals surface area contributed by atoms with Gasteiger partial charge in [0.2, 0.25) is 0 Å². The van der Waals surface area contributed by atoms with E-state index in [4.69, 9.17) is 0 Å². The van der Waals surface area contributed by atoms with Gasteiger partial charge in [-0.2, -0.15) is 0 Å². The number of nitro groups is 1. The molecule has 0 N–H and O–H groups in total. The van der Waals surface area contributed by atoms with Crippen LogP contribution in [0.3, 0.4) is 0 Å². The number of likely N-dealkylation sites (tertiary alicyclic amines) is 1. The monoisotopic (exact) mass is 291 g/mol. The van der Waals surface area contributed by atoms with E-state index >= 15 is 0 Å². The van der Waals surface area contributed by atoms with Crippen molar-refractivity contribution in [3.05, 3.63) is 33.1 Å². The molecule has 0 radical (unpaired) electrons. The number of hydrogen-bond acceptors (Lipinski definition) is 5. The van der Waals surface area contributed by atoms with Crippen molar-refractivity contribution in [2.75, 3.05) is 6.54 Å². The summed E-state index contributed by atoms with van der Waals surface area (Å²) in [5.41, 5.74) is 2.01. The molecule has 0 aliphatic carbocycles. The van der Waals surface area contributed by atoms with Gasteiger partial charge >= 0.3 is 0 Å². The van der Waals surface area contributed by atoms with Gasteiger partial charge in [0.15, 0.2) is 0 Å². The number of carbonyl (C=O) groups excluding carboxylic acids is 1. The first-order chi connectivity index (χ1) is 9.91. The molecule has 6 nitrogen and oxygen atoms in total. The fourth-order valence-corrected chi connectivity index (χ4v) is 3.04. The number of nitrogens with zero attached hydrogens (tertiary/aromatic N) is 3. The van der Waals surface area contributed by atoms with Crippen LogP contribution >= 0.6 is 0 Å². The van der Waals surface area contributed by atoms with E-state index in [0.29, 0.717) is 23.4 Å². The Hall–Kier alpha value is -1.82. The molecule has 1 aliphatic rings. The molecule has 1 saturated heterocycles. The van der Waals surface area contributed by atoms with Crippen LogP contribution in [0.15, 0.2) is 6.20 Å². The number of carbonyl (C=O) groups is 1. The molecule has 0 spiro atoms. The van der Waals surface area contributed by atoms with Crippen molar-refractivity contribution in [2.45, 2.75) is 52.6 Å². The number of pyridine rings is 1. The molecule has 0 aromatic carbocycles. The molecule has 6 heteroatoms. The molecule has 0 saturated carbocycles. The Morgan fingerprint density at radius 2 is 2.19 bits per heavy atom. The van der Waals surface area contributed by atoms with Gasteiger partial charge in [-0.25, -0.2) is 0 Å². The number of rotatable bonds is 4. The van der Waals surface area contributed by atoms with Crippen molar-refractivity contribution in [3.63, 3.8) is 0 Å². The molecular weight excluding hydrogens is 270 g/mol. The summed E-state index contributed by atoms with van der Waals surface area (Å²) in [5, 5.41) is 11.2. The summed E-state index contributed by atoms with van der Waals surface area (Å²) in [6, 6.07) is -0.0830. The molecule has 1 unspecified atom stereocenters. The quantitative estimate of drug-likeness (QED) is 0.629. The predicted molar refractivity (Wildman–Crippen MR) is 79.1 cm³/mol. The van der Waals surface area contributed by atoms with Crippen molar-refractivity contribution in [1.82, 2.24) is 9.88 Å². The van der Waals surface area contributed by atoms with Crippen molar-refractivity contribution in [1.29, 1.82) is 0 Å². The second kappa shape index (κ2) is 6.30. The summed E-state index contributed by atoms with van der Waals surface area (Å²) in [6.45, 7) is 6.38. The third kappa shape index (κ3) is 3.26. The lowest BCUT2D eigenvalue weighted by Gasteiger charge is -2.34. The third-order valence-electron chi connectivity index (χ3n) is 4.19. The molecule has 1 atom stereocenters. The van der Waals surface area contributed by atoms with E-state index in [1.807, 2.05) is 0 Å². The van der Waals surface area contributed by atoms with Crippen molar-refractivity contribution < 1.29 is 9.72 Å². The molecule has 1 fully saturated rings. The zero-order chi connectivity index (χ0) is 15.6. The third-order valence-corrected chi connectivity index (χ3v) is 4.19. The molecule has 1 aliphatic heterocycles. The average Bonchev–Trinajstić information content (AvgIpc) is 2.42. The summed E-state index contributed by atoms with van der Waals surface area (Å²) in [6.07, 6.45) is 4.52. The molecule has 2 heterocycles. The Morgan fingerprint density at radius 1 is 1.48 bits per heavy atom. The maximum Gasteiger partial charge on any atom is 0.278 e. The number of ketones is 1. The summed E-state index contributed by atoms with van der Waals surface area (Å²) in [5.74, 6) is 0.161. The number of piperidine rings is 1. The zero-order valence-electron chi connectivity index (χ0n) is 12.8. The minimum absolute atomic E-state index is 0.0830. The molecular formula is C15H21N3O3. The maximum atomic E-state index is 11.7. The number of hydrogen-bond donors (Lipinski definition) is 0. The SMILES string of the molecule is CC(=O)C1CCCCN1Cc1ncc(C)c([N+](=O)[O-])c1C. The zero-order valence-corrected chi connectivity index (χ0v) is 12.8. The summed E-state index contributed by atoms with van der Waals surface area (Å²) in [4.78, 5) is 29.0. The van der Waals surface area contributed by atoms with Gasteiger partial charge < -0.3 is 0 Å². The molecule has 114 valence electrons. The van der Waals surface area contributed by atoms with Gasteiger partial charge in [-0.3, -0.25) is 24.8 Å². The van der Waals surface area contributed by atoms with E-state index in [0.717, 1.165) is 25.8 Å². The number of aryl methyl sites for hydroxylation is 1. The smallest absolute Gasteiger partial charge is 0.278 e. The van der Waals surface area contributed by atoms with E-state index in [2.05, 4.69) is 9.88 Å². The standard InChI is InChI=1S/C15H21N3O3/c1-10-8-16-13(11(2)15(10)18(20)21)9-17-7-5-4-6-14(17)12(3)19/h8,14H,4-7,9H2,1-3H3. The van der Waals surface area contributed by atoms with E-state index < -0.39 is 0 Å². The lowest BCUT2D eigenvalue weighted by Crippen LogP contribution is -2.43. The number of Topliss-reactive ketones (excluding diaryl/α,β-unsaturated/α-hetero) is 1. The second-order valence-electron chi connectivity index (χ2n) is 5.71. The Balaban J connectivity index is 2.28. The normalized spacial score (nSPS) is 19.5. The Kier molecular flexibility index (Phi) is 4.67. The molecule has 21 heavy (non-hydrogen) atoms. The topological polar surface area (TPSA) is 76.3 Å². The van der Waals surface area contributed by atoms with Crippen molar-refractivity contribution in [2.24, 2.45) is 0 Å². The van der Waals surface area contributed by atoms with Crippen LogP contribution in [0.25, 0.3) is 0 Å². The first-order valence-electron chi connectivity index (χ1n) is 7.25. The van der Waals surface area contributed by atoms with Gasteiger partial charge in [-0.15, -0.1) is 0 Å². The molecule has 0 bridgehead atoms. The Labute approximate surface area is 124 Å². The van der Waals surface area contributed by atoms with Crippen LogP contribution in [0.1, 0.15) is 43.0 Å². The van der Waals surface area contributed by atoms with Gasteiger partial charge in [-0.1, -0.05) is 6.42 Å². The van der Waals surface area contributed by atoms with Gasteiger partial charge in [-0.05, 0) is 40.2 Å². The lowest BCUT2D eigenvalue weighted by molar-refractivity contribution is -0.386. The number of aromatic nitrogens is 1. The fraction of sp³-hybridized carbons (Fsp3) is 0.600. The highest BCUT2D eigenvalue weighted by molar-refractivity contribution is 5.81. The Bertz CT molecular complexity index is 572. The van der Waals surface area contributed by atoms with E-state index in [1.54, 1.807) is 27.0 Å². The van der Waals surface area contributed by atoms with E-state index in [1.165, 1.54) is 0 Å². The largest absolute Gasteiger partial charge is 0.298 e. The second-order valence-corrected chi connectivity index (χ2v) is 5.71. The lowest BCUT2D eigenvalue weighted by atomic mass is 9.98. The molecule has 1 aromatic rings. The van der Waals surface area contributed by atoms with Crippen LogP contribution in [0.4, 0.5) is 5.69 Å². The van der Waals surface area contributed by atoms with E-state index in [-0.39, 0.29) is 22.4 Å². The molecule has 2 rings (SSSR count). The first kappa shape index (κ1) is 15.6. The maximum absolute atomic E-state index is 11.7. The minimum Gasteiger partial charge on any atom is -0.298 e. The van der Waals surface area contributed by atoms with E-state index in [9.17, 15) is 14.9 Å². The van der Waals surface area contributed by atoms with Crippen LogP contribution in [-0.2, 0) is 11.3 Å². The van der Waals surface area contributed by atoms with Gasteiger partial charge in [0.1, 0.15) is 5.78 Å². The average molecular weight is 291 g/mol. The highest BCUT2D eigenvalue weighted by atomic mass is 16.6. The molecule has 1 aromatic heterocycles. The van der Waals surface area contributed by atoms with Crippen LogP contribution in [-0.4, -0.2) is 33.2 Å². The van der Waals surface area contributed by atoms with Crippen LogP contribution in [0, 0.1) is 24.0 Å². The predicted octanol–water partition coefficient (Wildman–Crippen LogP) is 2.55. The minimum atomic E-state index is -0.353. The molecule has 0 amide bonds. The summed E-state index contributed by atoms with van der Waals surface area (Å²) < 4.78 is 0. The van der Waals surface area contributed by atoms with Gasteiger partial charge in [0, 0.05) is 23.9 Å². The Morgan fingerprint density at radius 3 is 2.81 bits per heavy atom. The first-order valence-corrected chi connectivity index (χ1v) is 7.25. The fourth-order valence-electron chi connectivity index (χ4n) is 3.04. The highest BCUT2D eigenvalue weighted by Crippen LogP contribution is 2.27. The summed E-state index contributed by atoms with van der Waals surface area (Å²) >= 11 is 0. The van der Waals surface area contributed by atoms with Crippen LogP contribution < -0.4 is 0 Å². The van der Waals surface area contributed by atoms with Crippen molar-refractivity contribution >= 4 is 11.5 Å². The highest BCUT2D eigenvalue weighted by Gasteiger charge is 2.28. The van der Waals surface area contributed by atoms with Crippen LogP contribution in [0.2, 0.25) is 0 Å².